The number of hydrogen-bond donors (Lipinski definition) is 2. The fourth-order valence-corrected chi connectivity index (χ4v) is 3.85. The number of esters is 1. The Kier molecular flexibility index (Phi) is 8.19. The minimum atomic E-state index is -3.35. The molecule has 2 N–H and O–H groups in total. The molecule has 0 aromatic heterocycles. The van der Waals surface area contributed by atoms with Gasteiger partial charge in [-0.25, -0.2) is 13.2 Å². The lowest BCUT2D eigenvalue weighted by Crippen LogP contribution is -2.44. The molecule has 2 rings (SSSR count). The summed E-state index contributed by atoms with van der Waals surface area (Å²) in [6.07, 6.45) is 4.84. The summed E-state index contributed by atoms with van der Waals surface area (Å²) >= 11 is 0. The fourth-order valence-electron chi connectivity index (χ4n) is 3.19. The maximum Gasteiger partial charge on any atom is 0.329 e. The molecule has 0 spiro atoms. The second-order valence-corrected chi connectivity index (χ2v) is 9.73. The Labute approximate surface area is 171 Å². The van der Waals surface area contributed by atoms with E-state index in [1.807, 2.05) is 13.0 Å². The Balaban J connectivity index is 1.96. The van der Waals surface area contributed by atoms with Crippen molar-refractivity contribution in [2.75, 3.05) is 18.6 Å². The number of nitrogens with one attached hydrogen (secondary N) is 2. The number of ether oxygens (including phenoxy) is 1. The van der Waals surface area contributed by atoms with Gasteiger partial charge in [0.25, 0.3) is 11.8 Å². The van der Waals surface area contributed by atoms with Gasteiger partial charge in [-0.05, 0) is 38.3 Å². The molecule has 160 valence electrons. The van der Waals surface area contributed by atoms with Gasteiger partial charge in [0.05, 0.1) is 5.75 Å². The third-order valence-electron chi connectivity index (χ3n) is 4.71. The normalized spacial score (nSPS) is 15.5. The molecule has 2 amide bonds. The largest absolute Gasteiger partial charge is 0.454 e. The monoisotopic (exact) mass is 424 g/mol. The van der Waals surface area contributed by atoms with Gasteiger partial charge in [0.1, 0.15) is 15.9 Å². The number of carbonyl (C=O) groups excluding carboxylic acids is 3. The van der Waals surface area contributed by atoms with Crippen molar-refractivity contribution >= 4 is 27.6 Å². The van der Waals surface area contributed by atoms with Gasteiger partial charge < -0.3 is 15.4 Å². The summed E-state index contributed by atoms with van der Waals surface area (Å²) < 4.78 is 28.0. The van der Waals surface area contributed by atoms with Crippen LogP contribution in [0.15, 0.2) is 24.3 Å². The minimum absolute atomic E-state index is 0.100. The summed E-state index contributed by atoms with van der Waals surface area (Å²) in [5.74, 6) is -2.05. The Morgan fingerprint density at radius 2 is 1.90 bits per heavy atom. The van der Waals surface area contributed by atoms with Crippen molar-refractivity contribution in [3.05, 3.63) is 35.4 Å². The molecular formula is C20H28N2O6S. The van der Waals surface area contributed by atoms with E-state index in [9.17, 15) is 22.8 Å². The number of hydrogen-bond acceptors (Lipinski definition) is 6. The average molecular weight is 425 g/mol. The molecule has 8 nitrogen and oxygen atoms in total. The molecule has 1 atom stereocenters. The average Bonchev–Trinajstić information content (AvgIpc) is 3.15. The molecule has 1 aliphatic rings. The zero-order valence-corrected chi connectivity index (χ0v) is 17.6. The summed E-state index contributed by atoms with van der Waals surface area (Å²) in [4.78, 5) is 36.8. The van der Waals surface area contributed by atoms with E-state index >= 15 is 0 Å². The molecule has 0 bridgehead atoms. The van der Waals surface area contributed by atoms with E-state index in [2.05, 4.69) is 10.6 Å². The van der Waals surface area contributed by atoms with Crippen LogP contribution in [0, 0.1) is 6.92 Å². The number of amides is 2. The number of rotatable bonds is 9. The van der Waals surface area contributed by atoms with Gasteiger partial charge in [-0.3, -0.25) is 9.59 Å². The van der Waals surface area contributed by atoms with E-state index in [0.717, 1.165) is 37.5 Å². The van der Waals surface area contributed by atoms with E-state index in [0.29, 0.717) is 5.56 Å². The predicted octanol–water partition coefficient (Wildman–Crippen LogP) is 1.13. The van der Waals surface area contributed by atoms with E-state index in [-0.39, 0.29) is 18.2 Å². The van der Waals surface area contributed by atoms with Crippen LogP contribution in [0.1, 0.15) is 48.0 Å². The highest BCUT2D eigenvalue weighted by molar-refractivity contribution is 7.90. The van der Waals surface area contributed by atoms with Crippen molar-refractivity contribution in [2.24, 2.45) is 0 Å². The highest BCUT2D eigenvalue weighted by Crippen LogP contribution is 2.17. The van der Waals surface area contributed by atoms with Crippen LogP contribution in [0.2, 0.25) is 0 Å². The van der Waals surface area contributed by atoms with Crippen molar-refractivity contribution in [2.45, 2.75) is 51.1 Å². The molecular weight excluding hydrogens is 396 g/mol. The quantitative estimate of drug-likeness (QED) is 0.574. The Morgan fingerprint density at radius 3 is 2.52 bits per heavy atom. The van der Waals surface area contributed by atoms with E-state index in [1.54, 1.807) is 18.2 Å². The van der Waals surface area contributed by atoms with Gasteiger partial charge >= 0.3 is 5.97 Å². The lowest BCUT2D eigenvalue weighted by atomic mass is 10.1. The van der Waals surface area contributed by atoms with Crippen molar-refractivity contribution in [1.82, 2.24) is 10.6 Å². The first-order chi connectivity index (χ1) is 13.6. The second kappa shape index (κ2) is 10.4. The fraction of sp³-hybridized carbons (Fsp3) is 0.550. The lowest BCUT2D eigenvalue weighted by molar-refractivity contribution is -0.150. The van der Waals surface area contributed by atoms with Crippen molar-refractivity contribution in [1.29, 1.82) is 0 Å². The van der Waals surface area contributed by atoms with Crippen LogP contribution in [0.25, 0.3) is 0 Å². The highest BCUT2D eigenvalue weighted by Gasteiger charge is 2.26. The van der Waals surface area contributed by atoms with Crippen LogP contribution in [0.3, 0.4) is 0 Å². The molecule has 0 heterocycles. The summed E-state index contributed by atoms with van der Waals surface area (Å²) in [5.41, 5.74) is 1.22. The van der Waals surface area contributed by atoms with Gasteiger partial charge in [0.15, 0.2) is 6.61 Å². The molecule has 0 unspecified atom stereocenters. The van der Waals surface area contributed by atoms with Crippen molar-refractivity contribution in [3.8, 4) is 0 Å². The third kappa shape index (κ3) is 8.23. The number of sulfone groups is 1. The molecule has 1 aromatic carbocycles. The standard InChI is InChI=1S/C20H28N2O6S/c1-14-6-5-7-15(12-14)19(24)22-17(10-11-29(2,26)27)20(25)28-13-18(23)21-16-8-3-4-9-16/h5-7,12,16-17H,3-4,8-11,13H2,1-2H3,(H,21,23)(H,22,24)/t17-/m0/s1. The summed E-state index contributed by atoms with van der Waals surface area (Å²) in [7, 11) is -3.35. The van der Waals surface area contributed by atoms with E-state index < -0.39 is 40.3 Å². The summed E-state index contributed by atoms with van der Waals surface area (Å²) in [5, 5.41) is 5.32. The SMILES string of the molecule is Cc1cccc(C(=O)N[C@@H](CCS(C)(=O)=O)C(=O)OCC(=O)NC2CCCC2)c1. The van der Waals surface area contributed by atoms with Gasteiger partial charge in [0, 0.05) is 17.9 Å². The first-order valence-electron chi connectivity index (χ1n) is 9.65. The Morgan fingerprint density at radius 1 is 1.21 bits per heavy atom. The number of benzene rings is 1. The van der Waals surface area contributed by atoms with Crippen LogP contribution in [-0.2, 0) is 24.2 Å². The first kappa shape index (κ1) is 22.9. The smallest absolute Gasteiger partial charge is 0.329 e. The highest BCUT2D eigenvalue weighted by atomic mass is 32.2. The number of carbonyl (C=O) groups is 3. The topological polar surface area (TPSA) is 119 Å². The van der Waals surface area contributed by atoms with E-state index in [1.165, 1.54) is 0 Å². The zero-order chi connectivity index (χ0) is 21.4. The Bertz CT molecular complexity index is 846. The van der Waals surface area contributed by atoms with E-state index in [4.69, 9.17) is 4.74 Å². The molecule has 0 aliphatic heterocycles. The van der Waals surface area contributed by atoms with Crippen molar-refractivity contribution < 1.29 is 27.5 Å². The second-order valence-electron chi connectivity index (χ2n) is 7.47. The van der Waals surface area contributed by atoms with Gasteiger partial charge in [-0.1, -0.05) is 30.5 Å². The lowest BCUT2D eigenvalue weighted by Gasteiger charge is -2.18. The number of aryl methyl sites for hydroxylation is 1. The molecule has 0 saturated heterocycles. The molecule has 29 heavy (non-hydrogen) atoms. The van der Waals surface area contributed by atoms with Crippen LogP contribution in [0.5, 0.6) is 0 Å². The predicted molar refractivity (Wildman–Crippen MR) is 108 cm³/mol. The van der Waals surface area contributed by atoms with Crippen LogP contribution in [0.4, 0.5) is 0 Å². The van der Waals surface area contributed by atoms with Gasteiger partial charge in [-0.15, -0.1) is 0 Å². The van der Waals surface area contributed by atoms with Gasteiger partial charge in [0.2, 0.25) is 0 Å². The first-order valence-corrected chi connectivity index (χ1v) is 11.7. The molecule has 9 heteroatoms. The maximum atomic E-state index is 12.5. The third-order valence-corrected chi connectivity index (χ3v) is 5.69. The molecule has 1 saturated carbocycles. The Hall–Kier alpha value is -2.42. The van der Waals surface area contributed by atoms with Crippen LogP contribution >= 0.6 is 0 Å². The zero-order valence-electron chi connectivity index (χ0n) is 16.8. The van der Waals surface area contributed by atoms with Crippen LogP contribution < -0.4 is 10.6 Å². The minimum Gasteiger partial charge on any atom is -0.454 e. The molecule has 1 fully saturated rings. The summed E-state index contributed by atoms with van der Waals surface area (Å²) in [6.45, 7) is 1.36. The molecule has 0 radical (unpaired) electrons. The molecule has 1 aromatic rings. The van der Waals surface area contributed by atoms with Crippen molar-refractivity contribution in [3.63, 3.8) is 0 Å². The maximum absolute atomic E-state index is 12.5. The molecule has 1 aliphatic carbocycles. The van der Waals surface area contributed by atoms with Gasteiger partial charge in [-0.2, -0.15) is 0 Å². The summed E-state index contributed by atoms with van der Waals surface area (Å²) in [6, 6.07) is 5.72. The van der Waals surface area contributed by atoms with Crippen LogP contribution in [-0.4, -0.2) is 56.9 Å².